The topological polar surface area (TPSA) is 23.5 Å². The normalized spacial score (nSPS) is 39.4. The fraction of sp³-hybridized carbons (Fsp3) is 1.00. The van der Waals surface area contributed by atoms with Crippen LogP contribution in [0.1, 0.15) is 52.9 Å². The summed E-state index contributed by atoms with van der Waals surface area (Å²) in [5, 5.41) is 10.2. The van der Waals surface area contributed by atoms with Crippen molar-refractivity contribution in [2.75, 3.05) is 13.1 Å². The van der Waals surface area contributed by atoms with Crippen molar-refractivity contribution in [1.29, 1.82) is 0 Å². The van der Waals surface area contributed by atoms with Gasteiger partial charge in [0.05, 0.1) is 5.60 Å². The maximum Gasteiger partial charge on any atom is 0.0900 e. The summed E-state index contributed by atoms with van der Waals surface area (Å²) in [5.74, 6) is 1.74. The highest BCUT2D eigenvalue weighted by molar-refractivity contribution is 4.99. The summed E-state index contributed by atoms with van der Waals surface area (Å²) in [6.45, 7) is 8.75. The average molecular weight is 225 g/mol. The monoisotopic (exact) mass is 225 g/mol. The van der Waals surface area contributed by atoms with Gasteiger partial charge >= 0.3 is 0 Å². The number of likely N-dealkylation sites (tertiary alicyclic amines) is 1. The predicted octanol–water partition coefficient (Wildman–Crippen LogP) is 2.66. The van der Waals surface area contributed by atoms with E-state index in [9.17, 15) is 5.11 Å². The van der Waals surface area contributed by atoms with E-state index in [0.29, 0.717) is 0 Å². The first-order valence-corrected chi connectivity index (χ1v) is 6.99. The van der Waals surface area contributed by atoms with Gasteiger partial charge in [-0.15, -0.1) is 0 Å². The van der Waals surface area contributed by atoms with E-state index in [1.54, 1.807) is 0 Å². The van der Waals surface area contributed by atoms with Crippen LogP contribution in [0.15, 0.2) is 0 Å². The van der Waals surface area contributed by atoms with Crippen LogP contribution >= 0.6 is 0 Å². The third-order valence-corrected chi connectivity index (χ3v) is 4.38. The highest BCUT2D eigenvalue weighted by Gasteiger charge is 2.44. The van der Waals surface area contributed by atoms with Gasteiger partial charge in [0.15, 0.2) is 0 Å². The summed E-state index contributed by atoms with van der Waals surface area (Å²) in [5.41, 5.74) is -0.349. The van der Waals surface area contributed by atoms with Gasteiger partial charge in [0.1, 0.15) is 0 Å². The smallest absolute Gasteiger partial charge is 0.0900 e. The van der Waals surface area contributed by atoms with Gasteiger partial charge in [0.25, 0.3) is 0 Å². The summed E-state index contributed by atoms with van der Waals surface area (Å²) in [4.78, 5) is 2.52. The lowest BCUT2D eigenvalue weighted by Crippen LogP contribution is -2.65. The van der Waals surface area contributed by atoms with E-state index in [2.05, 4.69) is 25.7 Å². The van der Waals surface area contributed by atoms with E-state index >= 15 is 0 Å². The molecule has 2 heteroatoms. The molecule has 0 bridgehead atoms. The van der Waals surface area contributed by atoms with Gasteiger partial charge in [-0.3, -0.25) is 4.90 Å². The van der Waals surface area contributed by atoms with Crippen LogP contribution in [-0.2, 0) is 0 Å². The van der Waals surface area contributed by atoms with Crippen LogP contribution in [0.4, 0.5) is 0 Å². The van der Waals surface area contributed by atoms with Gasteiger partial charge in [0.2, 0.25) is 0 Å². The third kappa shape index (κ3) is 2.60. The molecule has 1 aliphatic carbocycles. The number of hydrogen-bond donors (Lipinski definition) is 1. The van der Waals surface area contributed by atoms with Crippen LogP contribution in [0.5, 0.6) is 0 Å². The number of aliphatic hydroxyl groups is 1. The van der Waals surface area contributed by atoms with Gasteiger partial charge in [-0.1, -0.05) is 27.2 Å². The standard InChI is InChI=1S/C14H27NO/c1-4-5-14(16)9-15(10-14)13-7-11(2)6-12(3)8-13/h11-13,16H,4-10H2,1-3H3. The molecule has 2 aliphatic rings. The molecule has 0 aromatic carbocycles. The Hall–Kier alpha value is -0.0800. The Kier molecular flexibility index (Phi) is 3.60. The number of nitrogens with zero attached hydrogens (tertiary/aromatic N) is 1. The molecule has 2 atom stereocenters. The summed E-state index contributed by atoms with van der Waals surface area (Å²) < 4.78 is 0. The van der Waals surface area contributed by atoms with Gasteiger partial charge in [-0.05, 0) is 37.5 Å². The van der Waals surface area contributed by atoms with Crippen molar-refractivity contribution in [2.24, 2.45) is 11.8 Å². The summed E-state index contributed by atoms with van der Waals surface area (Å²) in [7, 11) is 0. The van der Waals surface area contributed by atoms with Crippen LogP contribution in [-0.4, -0.2) is 34.7 Å². The van der Waals surface area contributed by atoms with Crippen molar-refractivity contribution in [3.05, 3.63) is 0 Å². The zero-order valence-electron chi connectivity index (χ0n) is 11.1. The zero-order chi connectivity index (χ0) is 11.8. The predicted molar refractivity (Wildman–Crippen MR) is 67.4 cm³/mol. The Morgan fingerprint density at radius 2 is 1.69 bits per heavy atom. The first-order valence-electron chi connectivity index (χ1n) is 6.99. The maximum atomic E-state index is 10.2. The maximum absolute atomic E-state index is 10.2. The minimum absolute atomic E-state index is 0.349. The minimum Gasteiger partial charge on any atom is -0.387 e. The largest absolute Gasteiger partial charge is 0.387 e. The molecule has 0 spiro atoms. The van der Waals surface area contributed by atoms with Crippen LogP contribution < -0.4 is 0 Å². The Balaban J connectivity index is 1.82. The zero-order valence-corrected chi connectivity index (χ0v) is 11.1. The summed E-state index contributed by atoms with van der Waals surface area (Å²) >= 11 is 0. The molecule has 2 rings (SSSR count). The first-order chi connectivity index (χ1) is 7.52. The van der Waals surface area contributed by atoms with Crippen molar-refractivity contribution in [3.63, 3.8) is 0 Å². The Morgan fingerprint density at radius 1 is 1.12 bits per heavy atom. The molecule has 94 valence electrons. The molecule has 2 nitrogen and oxygen atoms in total. The van der Waals surface area contributed by atoms with Crippen LogP contribution in [0.3, 0.4) is 0 Å². The average Bonchev–Trinajstić information content (AvgIpc) is 2.12. The van der Waals surface area contributed by atoms with Gasteiger partial charge < -0.3 is 5.11 Å². The van der Waals surface area contributed by atoms with Crippen LogP contribution in [0.25, 0.3) is 0 Å². The number of hydrogen-bond acceptors (Lipinski definition) is 2. The molecule has 1 saturated carbocycles. The van der Waals surface area contributed by atoms with Crippen molar-refractivity contribution >= 4 is 0 Å². The van der Waals surface area contributed by atoms with Crippen molar-refractivity contribution in [3.8, 4) is 0 Å². The van der Waals surface area contributed by atoms with E-state index in [1.807, 2.05) is 0 Å². The van der Waals surface area contributed by atoms with E-state index in [4.69, 9.17) is 0 Å². The molecular weight excluding hydrogens is 198 g/mol. The second-order valence-corrected chi connectivity index (χ2v) is 6.45. The van der Waals surface area contributed by atoms with E-state index in [1.165, 1.54) is 19.3 Å². The Labute approximate surface area is 100 Å². The molecule has 2 unspecified atom stereocenters. The van der Waals surface area contributed by atoms with Crippen molar-refractivity contribution in [2.45, 2.75) is 64.5 Å². The molecule has 1 saturated heterocycles. The molecule has 0 aromatic rings. The molecule has 1 aliphatic heterocycles. The second kappa shape index (κ2) is 4.66. The molecule has 0 aromatic heterocycles. The van der Waals surface area contributed by atoms with Gasteiger partial charge in [-0.25, -0.2) is 0 Å². The third-order valence-electron chi connectivity index (χ3n) is 4.38. The van der Waals surface area contributed by atoms with Gasteiger partial charge in [-0.2, -0.15) is 0 Å². The SMILES string of the molecule is CCCC1(O)CN(C2CC(C)CC(C)C2)C1. The lowest BCUT2D eigenvalue weighted by Gasteiger charge is -2.52. The molecular formula is C14H27NO. The fourth-order valence-corrected chi connectivity index (χ4v) is 3.79. The minimum atomic E-state index is -0.349. The number of β-amino-alcohol motifs (C(OH)–C–C–N with tert-alkyl or cyclic N) is 1. The fourth-order valence-electron chi connectivity index (χ4n) is 3.79. The molecule has 16 heavy (non-hydrogen) atoms. The lowest BCUT2D eigenvalue weighted by molar-refractivity contribution is -0.129. The molecule has 2 fully saturated rings. The highest BCUT2D eigenvalue weighted by atomic mass is 16.3. The van der Waals surface area contributed by atoms with Crippen molar-refractivity contribution < 1.29 is 5.11 Å². The van der Waals surface area contributed by atoms with Crippen LogP contribution in [0, 0.1) is 11.8 Å². The van der Waals surface area contributed by atoms with E-state index in [0.717, 1.165) is 43.8 Å². The van der Waals surface area contributed by atoms with Crippen molar-refractivity contribution in [1.82, 2.24) is 4.90 Å². The molecule has 0 radical (unpaired) electrons. The summed E-state index contributed by atoms with van der Waals surface area (Å²) in [6, 6.07) is 0.746. The lowest BCUT2D eigenvalue weighted by atomic mass is 9.77. The van der Waals surface area contributed by atoms with E-state index in [-0.39, 0.29) is 5.60 Å². The summed E-state index contributed by atoms with van der Waals surface area (Å²) in [6.07, 6.45) is 6.14. The second-order valence-electron chi connectivity index (χ2n) is 6.45. The first kappa shape index (κ1) is 12.4. The number of rotatable bonds is 3. The quantitative estimate of drug-likeness (QED) is 0.798. The molecule has 1 N–H and O–H groups in total. The Bertz CT molecular complexity index is 225. The van der Waals surface area contributed by atoms with Crippen LogP contribution in [0.2, 0.25) is 0 Å². The highest BCUT2D eigenvalue weighted by Crippen LogP contribution is 2.36. The molecule has 1 heterocycles. The molecule has 0 amide bonds. The Morgan fingerprint density at radius 3 is 2.19 bits per heavy atom. The van der Waals surface area contributed by atoms with Gasteiger partial charge in [0, 0.05) is 19.1 Å². The van der Waals surface area contributed by atoms with E-state index < -0.39 is 0 Å².